The van der Waals surface area contributed by atoms with Crippen molar-refractivity contribution < 1.29 is 30.7 Å². The number of sulfone groups is 1. The average Bonchev–Trinajstić information content (AvgIpc) is 2.61. The van der Waals surface area contributed by atoms with E-state index in [9.17, 15) is 8.42 Å². The van der Waals surface area contributed by atoms with Crippen molar-refractivity contribution in [1.82, 2.24) is 0 Å². The van der Waals surface area contributed by atoms with Gasteiger partial charge in [-0.3, -0.25) is 0 Å². The third-order valence-corrected chi connectivity index (χ3v) is 4.30. The van der Waals surface area contributed by atoms with Crippen molar-refractivity contribution in [2.45, 2.75) is 5.25 Å². The third kappa shape index (κ3) is 2.91. The van der Waals surface area contributed by atoms with Crippen LogP contribution < -0.4 is 22.3 Å². The Bertz CT molecular complexity index is 401. The number of nitrogens with zero attached hydrogens (tertiary/aromatic N) is 2. The van der Waals surface area contributed by atoms with Crippen molar-refractivity contribution in [1.29, 1.82) is 0 Å². The van der Waals surface area contributed by atoms with Gasteiger partial charge in [-0.25, -0.2) is 13.7 Å². The summed E-state index contributed by atoms with van der Waals surface area (Å²) in [5, 5.41) is 11.3. The lowest BCUT2D eigenvalue weighted by atomic mass is 10.5. The number of hydrogen-bond acceptors (Lipinski definition) is 5. The van der Waals surface area contributed by atoms with E-state index in [4.69, 9.17) is 0 Å². The van der Waals surface area contributed by atoms with Crippen LogP contribution in [-0.4, -0.2) is 30.9 Å². The van der Waals surface area contributed by atoms with Gasteiger partial charge in [-0.2, -0.15) is 0 Å². The Hall–Kier alpha value is -0.180. The summed E-state index contributed by atoms with van der Waals surface area (Å²) in [6.45, 7) is 0. The second-order valence-electron chi connectivity index (χ2n) is 2.68. The number of halogens is 1. The molecule has 0 amide bonds. The van der Waals surface area contributed by atoms with Crippen molar-refractivity contribution in [2.75, 3.05) is 5.75 Å². The molecule has 0 aliphatic carbocycles. The molecule has 78 valence electrons. The molecule has 0 spiro atoms. The molecule has 8 heteroatoms. The van der Waals surface area contributed by atoms with Crippen LogP contribution in [-0.2, 0) is 9.84 Å². The van der Waals surface area contributed by atoms with Gasteiger partial charge in [0.15, 0.2) is 9.84 Å². The highest BCUT2D eigenvalue weighted by atomic mass is 79.9. The monoisotopic (exact) mass is 297 g/mol. The molecule has 0 aromatic heterocycles. The van der Waals surface area contributed by atoms with Crippen LogP contribution in [0.5, 0.6) is 0 Å². The maximum absolute atomic E-state index is 11.0. The normalized spacial score (nSPS) is 27.4. The summed E-state index contributed by atoms with van der Waals surface area (Å²) in [4.78, 5) is 0. The summed E-state index contributed by atoms with van der Waals surface area (Å²) >= 11 is 1.42. The summed E-state index contributed by atoms with van der Waals surface area (Å²) in [7, 11) is -2.95. The number of quaternary nitrogens is 1. The van der Waals surface area contributed by atoms with Gasteiger partial charge in [0.2, 0.25) is 6.34 Å². The van der Waals surface area contributed by atoms with Crippen molar-refractivity contribution in [3.63, 3.8) is 0 Å². The largest absolute Gasteiger partial charge is 1.00 e. The number of amidine groups is 1. The van der Waals surface area contributed by atoms with E-state index in [0.29, 0.717) is 0 Å². The summed E-state index contributed by atoms with van der Waals surface area (Å²) in [6.07, 6.45) is 3.28. The minimum atomic E-state index is -2.95. The molecular formula is C6H8BrN3O2S2. The predicted molar refractivity (Wildman–Crippen MR) is 52.2 cm³/mol. The van der Waals surface area contributed by atoms with Crippen LogP contribution in [0.25, 0.3) is 0 Å². The number of rotatable bonds is 1. The smallest absolute Gasteiger partial charge is 0.286 e. The summed E-state index contributed by atoms with van der Waals surface area (Å²) in [6, 6.07) is 0. The Kier molecular flexibility index (Phi) is 3.87. The van der Waals surface area contributed by atoms with Gasteiger partial charge in [0.05, 0.1) is 5.75 Å². The SMILES string of the molecule is O=S1(=O)C=CC(SC2=NN=C[NH2+]2)C1.[Br-]. The van der Waals surface area contributed by atoms with Crippen LogP contribution >= 0.6 is 11.8 Å². The Labute approximate surface area is 96.4 Å². The topological polar surface area (TPSA) is 75.5 Å². The fourth-order valence-corrected chi connectivity index (χ4v) is 3.81. The molecule has 1 unspecified atom stereocenters. The summed E-state index contributed by atoms with van der Waals surface area (Å²) in [5.41, 5.74) is 0. The van der Waals surface area contributed by atoms with E-state index in [0.717, 1.165) is 5.17 Å². The van der Waals surface area contributed by atoms with E-state index in [-0.39, 0.29) is 28.0 Å². The Morgan fingerprint density at radius 3 is 2.86 bits per heavy atom. The fourth-order valence-electron chi connectivity index (χ4n) is 1.06. The van der Waals surface area contributed by atoms with Gasteiger partial charge in [-0.05, 0) is 11.8 Å². The minimum absolute atomic E-state index is 0. The van der Waals surface area contributed by atoms with Crippen LogP contribution in [0.3, 0.4) is 0 Å². The molecule has 14 heavy (non-hydrogen) atoms. The molecule has 2 heterocycles. The molecular weight excluding hydrogens is 290 g/mol. The summed E-state index contributed by atoms with van der Waals surface area (Å²) < 4.78 is 22.1. The molecule has 0 aromatic rings. The van der Waals surface area contributed by atoms with Crippen LogP contribution in [0.4, 0.5) is 0 Å². The van der Waals surface area contributed by atoms with Gasteiger partial charge in [-0.1, -0.05) is 16.3 Å². The second-order valence-corrected chi connectivity index (χ2v) is 5.87. The first-order chi connectivity index (χ1) is 6.16. The van der Waals surface area contributed by atoms with Gasteiger partial charge >= 0.3 is 0 Å². The van der Waals surface area contributed by atoms with Gasteiger partial charge in [0, 0.05) is 10.7 Å². The van der Waals surface area contributed by atoms with Crippen LogP contribution in [0.1, 0.15) is 0 Å². The van der Waals surface area contributed by atoms with Gasteiger partial charge in [0.1, 0.15) is 0 Å². The maximum atomic E-state index is 11.0. The van der Waals surface area contributed by atoms with Crippen molar-refractivity contribution in [3.8, 4) is 0 Å². The lowest BCUT2D eigenvalue weighted by Crippen LogP contribution is -3.00. The molecule has 2 aliphatic heterocycles. The first-order valence-electron chi connectivity index (χ1n) is 3.68. The zero-order valence-corrected chi connectivity index (χ0v) is 10.2. The third-order valence-electron chi connectivity index (χ3n) is 1.61. The van der Waals surface area contributed by atoms with Gasteiger partial charge in [0.25, 0.3) is 5.17 Å². The molecule has 0 fully saturated rings. The van der Waals surface area contributed by atoms with Crippen LogP contribution in [0.2, 0.25) is 0 Å². The first-order valence-corrected chi connectivity index (χ1v) is 6.27. The molecule has 2 rings (SSSR count). The minimum Gasteiger partial charge on any atom is -1.00 e. The standard InChI is InChI=1S/C6H7N3O2S2.BrH/c10-13(11)2-1-5(3-13)12-6-7-4-8-9-6;/h1-2,4-5H,3H2,(H,7,8,9);1H. The van der Waals surface area contributed by atoms with E-state index < -0.39 is 9.84 Å². The van der Waals surface area contributed by atoms with Crippen molar-refractivity contribution in [3.05, 3.63) is 11.5 Å². The molecule has 2 aliphatic rings. The highest BCUT2D eigenvalue weighted by molar-refractivity contribution is 8.14. The van der Waals surface area contributed by atoms with E-state index >= 15 is 0 Å². The first kappa shape index (κ1) is 11.9. The Balaban J connectivity index is 0.000000980. The molecule has 0 saturated heterocycles. The van der Waals surface area contributed by atoms with Crippen molar-refractivity contribution >= 4 is 33.1 Å². The maximum Gasteiger partial charge on any atom is 0.286 e. The van der Waals surface area contributed by atoms with Crippen LogP contribution in [0.15, 0.2) is 21.7 Å². The molecule has 0 bridgehead atoms. The zero-order valence-electron chi connectivity index (χ0n) is 7.00. The highest BCUT2D eigenvalue weighted by Gasteiger charge is 2.25. The second kappa shape index (κ2) is 4.56. The number of thioether (sulfide) groups is 1. The fraction of sp³-hybridized carbons (Fsp3) is 0.333. The van der Waals surface area contributed by atoms with E-state index in [1.165, 1.54) is 17.2 Å². The molecule has 5 nitrogen and oxygen atoms in total. The lowest BCUT2D eigenvalue weighted by molar-refractivity contribution is -0.385. The average molecular weight is 298 g/mol. The number of hydrogen-bond donors (Lipinski definition) is 1. The van der Waals surface area contributed by atoms with Gasteiger partial charge in [-0.15, -0.1) is 0 Å². The summed E-state index contributed by atoms with van der Waals surface area (Å²) in [5.74, 6) is 0.171. The molecule has 1 atom stereocenters. The zero-order chi connectivity index (χ0) is 9.31. The van der Waals surface area contributed by atoms with Crippen molar-refractivity contribution in [2.24, 2.45) is 10.2 Å². The van der Waals surface area contributed by atoms with E-state index in [1.807, 2.05) is 0 Å². The van der Waals surface area contributed by atoms with E-state index in [1.54, 1.807) is 17.7 Å². The molecule has 0 saturated carbocycles. The lowest BCUT2D eigenvalue weighted by Gasteiger charge is -2.00. The predicted octanol–water partition coefficient (Wildman–Crippen LogP) is -4.09. The quantitative estimate of drug-likeness (QED) is 0.535. The molecule has 2 N–H and O–H groups in total. The van der Waals surface area contributed by atoms with Crippen LogP contribution in [0, 0.1) is 0 Å². The molecule has 0 radical (unpaired) electrons. The van der Waals surface area contributed by atoms with Gasteiger partial charge < -0.3 is 17.0 Å². The molecule has 0 aromatic carbocycles. The number of nitrogens with two attached hydrogens (primary N) is 1. The highest BCUT2D eigenvalue weighted by Crippen LogP contribution is 2.21. The van der Waals surface area contributed by atoms with E-state index in [2.05, 4.69) is 10.2 Å². The Morgan fingerprint density at radius 1 is 1.57 bits per heavy atom. The Morgan fingerprint density at radius 2 is 2.36 bits per heavy atom.